The lowest BCUT2D eigenvalue weighted by molar-refractivity contribution is 0.398. The predicted molar refractivity (Wildman–Crippen MR) is 63.1 cm³/mol. The van der Waals surface area contributed by atoms with E-state index in [0.29, 0.717) is 23.3 Å². The molecule has 0 amide bonds. The Bertz CT molecular complexity index is 313. The minimum atomic E-state index is 0.580. The summed E-state index contributed by atoms with van der Waals surface area (Å²) < 4.78 is 5.03. The summed E-state index contributed by atoms with van der Waals surface area (Å²) in [6.07, 6.45) is 1.10. The summed E-state index contributed by atoms with van der Waals surface area (Å²) in [6.45, 7) is 5.25. The van der Waals surface area contributed by atoms with Crippen LogP contribution < -0.4 is 15.8 Å². The number of nitrogens with two attached hydrogens (primary N) is 1. The maximum Gasteiger partial charge on any atom is 0.215 e. The zero-order chi connectivity index (χ0) is 11.3. The van der Waals surface area contributed by atoms with Gasteiger partial charge < -0.3 is 15.8 Å². The zero-order valence-corrected chi connectivity index (χ0v) is 9.58. The first-order valence-corrected chi connectivity index (χ1v) is 5.18. The van der Waals surface area contributed by atoms with Crippen LogP contribution in [0, 0.1) is 5.92 Å². The number of methoxy groups -OCH3 is 1. The molecule has 0 bridgehead atoms. The van der Waals surface area contributed by atoms with E-state index in [1.165, 1.54) is 0 Å². The summed E-state index contributed by atoms with van der Waals surface area (Å²) in [5.74, 6) is 1.95. The average Bonchev–Trinajstić information content (AvgIpc) is 2.20. The van der Waals surface area contributed by atoms with Gasteiger partial charge >= 0.3 is 0 Å². The molecule has 1 aromatic rings. The molecular formula is C11H19N3O. The third-order valence-electron chi connectivity index (χ3n) is 2.12. The van der Waals surface area contributed by atoms with Gasteiger partial charge in [0.15, 0.2) is 5.82 Å². The van der Waals surface area contributed by atoms with Crippen molar-refractivity contribution in [2.45, 2.75) is 20.3 Å². The Morgan fingerprint density at radius 1 is 1.47 bits per heavy atom. The highest BCUT2D eigenvalue weighted by Gasteiger charge is 2.02. The SMILES string of the molecule is COc1ccc(N)c(NCCC(C)C)n1. The molecule has 0 atom stereocenters. The number of hydrogen-bond donors (Lipinski definition) is 2. The summed E-state index contributed by atoms with van der Waals surface area (Å²) >= 11 is 0. The van der Waals surface area contributed by atoms with Crippen molar-refractivity contribution in [1.82, 2.24) is 4.98 Å². The first kappa shape index (κ1) is 11.6. The van der Waals surface area contributed by atoms with Crippen molar-refractivity contribution >= 4 is 11.5 Å². The maximum atomic E-state index is 5.78. The van der Waals surface area contributed by atoms with E-state index in [4.69, 9.17) is 10.5 Å². The fourth-order valence-electron chi connectivity index (χ4n) is 1.19. The van der Waals surface area contributed by atoms with Crippen molar-refractivity contribution in [2.75, 3.05) is 24.7 Å². The lowest BCUT2D eigenvalue weighted by Crippen LogP contribution is -2.08. The summed E-state index contributed by atoms with van der Waals surface area (Å²) in [5.41, 5.74) is 6.43. The van der Waals surface area contributed by atoms with Gasteiger partial charge in [0, 0.05) is 12.6 Å². The van der Waals surface area contributed by atoms with E-state index in [0.717, 1.165) is 13.0 Å². The molecule has 0 aliphatic heterocycles. The molecule has 15 heavy (non-hydrogen) atoms. The van der Waals surface area contributed by atoms with Gasteiger partial charge in [-0.2, -0.15) is 4.98 Å². The van der Waals surface area contributed by atoms with E-state index in [2.05, 4.69) is 24.1 Å². The molecule has 0 radical (unpaired) electrons. The fourth-order valence-corrected chi connectivity index (χ4v) is 1.19. The van der Waals surface area contributed by atoms with Gasteiger partial charge in [-0.25, -0.2) is 0 Å². The molecule has 0 unspecified atom stereocenters. The van der Waals surface area contributed by atoms with E-state index < -0.39 is 0 Å². The smallest absolute Gasteiger partial charge is 0.215 e. The second kappa shape index (κ2) is 5.44. The van der Waals surface area contributed by atoms with Gasteiger partial charge in [-0.15, -0.1) is 0 Å². The number of pyridine rings is 1. The van der Waals surface area contributed by atoms with Crippen LogP contribution in [0.3, 0.4) is 0 Å². The Morgan fingerprint density at radius 2 is 2.20 bits per heavy atom. The third-order valence-corrected chi connectivity index (χ3v) is 2.12. The van der Waals surface area contributed by atoms with Crippen molar-refractivity contribution < 1.29 is 4.74 Å². The van der Waals surface area contributed by atoms with Gasteiger partial charge in [0.05, 0.1) is 12.8 Å². The molecule has 0 saturated heterocycles. The van der Waals surface area contributed by atoms with Crippen LogP contribution in [-0.4, -0.2) is 18.6 Å². The topological polar surface area (TPSA) is 60.2 Å². The second-order valence-electron chi connectivity index (χ2n) is 3.90. The molecule has 84 valence electrons. The normalized spacial score (nSPS) is 10.4. The average molecular weight is 209 g/mol. The molecule has 0 aromatic carbocycles. The van der Waals surface area contributed by atoms with Crippen molar-refractivity contribution in [2.24, 2.45) is 5.92 Å². The molecule has 1 aromatic heterocycles. The van der Waals surface area contributed by atoms with Gasteiger partial charge in [-0.05, 0) is 18.4 Å². The van der Waals surface area contributed by atoms with Crippen LogP contribution in [0.15, 0.2) is 12.1 Å². The van der Waals surface area contributed by atoms with Crippen LogP contribution >= 0.6 is 0 Å². The summed E-state index contributed by atoms with van der Waals surface area (Å²) in [5, 5.41) is 3.20. The van der Waals surface area contributed by atoms with Crippen molar-refractivity contribution in [1.29, 1.82) is 0 Å². The molecule has 1 heterocycles. The van der Waals surface area contributed by atoms with E-state index in [1.54, 1.807) is 19.2 Å². The highest BCUT2D eigenvalue weighted by atomic mass is 16.5. The van der Waals surface area contributed by atoms with Gasteiger partial charge in [-0.1, -0.05) is 13.8 Å². The Labute approximate surface area is 90.8 Å². The Kier molecular flexibility index (Phi) is 4.21. The first-order chi connectivity index (χ1) is 7.13. The number of aromatic nitrogens is 1. The van der Waals surface area contributed by atoms with Crippen molar-refractivity contribution in [3.8, 4) is 5.88 Å². The van der Waals surface area contributed by atoms with Gasteiger partial charge in [-0.3, -0.25) is 0 Å². The van der Waals surface area contributed by atoms with Gasteiger partial charge in [0.2, 0.25) is 5.88 Å². The molecule has 0 fully saturated rings. The molecule has 0 aliphatic rings. The fraction of sp³-hybridized carbons (Fsp3) is 0.545. The number of rotatable bonds is 5. The predicted octanol–water partition coefficient (Wildman–Crippen LogP) is 2.13. The van der Waals surface area contributed by atoms with Crippen molar-refractivity contribution in [3.63, 3.8) is 0 Å². The molecule has 0 saturated carbocycles. The summed E-state index contributed by atoms with van der Waals surface area (Å²) in [7, 11) is 1.59. The Balaban J connectivity index is 2.59. The molecule has 1 rings (SSSR count). The second-order valence-corrected chi connectivity index (χ2v) is 3.90. The zero-order valence-electron chi connectivity index (χ0n) is 9.58. The van der Waals surface area contributed by atoms with E-state index >= 15 is 0 Å². The minimum absolute atomic E-state index is 0.580. The quantitative estimate of drug-likeness (QED) is 0.780. The van der Waals surface area contributed by atoms with E-state index in [1.807, 2.05) is 0 Å². The van der Waals surface area contributed by atoms with Crippen LogP contribution in [0.2, 0.25) is 0 Å². The number of ether oxygens (including phenoxy) is 1. The van der Waals surface area contributed by atoms with Crippen LogP contribution in [0.25, 0.3) is 0 Å². The molecule has 4 nitrogen and oxygen atoms in total. The molecule has 0 spiro atoms. The van der Waals surface area contributed by atoms with E-state index in [9.17, 15) is 0 Å². The molecule has 3 N–H and O–H groups in total. The summed E-state index contributed by atoms with van der Waals surface area (Å²) in [6, 6.07) is 3.55. The lowest BCUT2D eigenvalue weighted by Gasteiger charge is -2.10. The van der Waals surface area contributed by atoms with Crippen LogP contribution in [0.5, 0.6) is 5.88 Å². The maximum absolute atomic E-state index is 5.78. The number of hydrogen-bond acceptors (Lipinski definition) is 4. The summed E-state index contributed by atoms with van der Waals surface area (Å²) in [4.78, 5) is 4.23. The monoisotopic (exact) mass is 209 g/mol. The number of nitrogens with zero attached hydrogens (tertiary/aromatic N) is 1. The number of anilines is 2. The molecule has 0 aliphatic carbocycles. The Morgan fingerprint density at radius 3 is 2.80 bits per heavy atom. The minimum Gasteiger partial charge on any atom is -0.481 e. The van der Waals surface area contributed by atoms with Crippen LogP contribution in [0.1, 0.15) is 20.3 Å². The number of nitrogens with one attached hydrogen (secondary N) is 1. The number of nitrogen functional groups attached to an aromatic ring is 1. The highest BCUT2D eigenvalue weighted by Crippen LogP contribution is 2.19. The lowest BCUT2D eigenvalue weighted by atomic mass is 10.1. The van der Waals surface area contributed by atoms with E-state index in [-0.39, 0.29) is 0 Å². The highest BCUT2D eigenvalue weighted by molar-refractivity contribution is 5.61. The standard InChI is InChI=1S/C11H19N3O/c1-8(2)6-7-13-11-9(12)4-5-10(14-11)15-3/h4-5,8H,6-7,12H2,1-3H3,(H,13,14). The third kappa shape index (κ3) is 3.65. The van der Waals surface area contributed by atoms with Crippen LogP contribution in [0.4, 0.5) is 11.5 Å². The molecule has 4 heteroatoms. The van der Waals surface area contributed by atoms with Crippen LogP contribution in [-0.2, 0) is 0 Å². The van der Waals surface area contributed by atoms with Gasteiger partial charge in [0.1, 0.15) is 0 Å². The van der Waals surface area contributed by atoms with Gasteiger partial charge in [0.25, 0.3) is 0 Å². The van der Waals surface area contributed by atoms with Crippen molar-refractivity contribution in [3.05, 3.63) is 12.1 Å². The first-order valence-electron chi connectivity index (χ1n) is 5.18. The largest absolute Gasteiger partial charge is 0.481 e. The molecular weight excluding hydrogens is 190 g/mol. The Hall–Kier alpha value is -1.45.